The van der Waals surface area contributed by atoms with Crippen LogP contribution in [0.15, 0.2) is 27.8 Å². The second kappa shape index (κ2) is 9.35. The van der Waals surface area contributed by atoms with E-state index in [1.54, 1.807) is 0 Å². The fourth-order valence-corrected chi connectivity index (χ4v) is 3.74. The van der Waals surface area contributed by atoms with Crippen molar-refractivity contribution in [2.75, 3.05) is 6.61 Å². The van der Waals surface area contributed by atoms with Gasteiger partial charge in [-0.3, -0.25) is 9.36 Å². The molecule has 0 aliphatic heterocycles. The predicted molar refractivity (Wildman–Crippen MR) is 106 cm³/mol. The number of rotatable bonds is 4. The molecule has 0 unspecified atom stereocenters. The quantitative estimate of drug-likeness (QED) is 0.369. The monoisotopic (exact) mass is 478 g/mol. The Labute approximate surface area is 184 Å². The molecular weight excluding hydrogens is 460 g/mol. The molecular formula is C20H19ClF4N2O5. The van der Waals surface area contributed by atoms with Crippen LogP contribution in [0.4, 0.5) is 22.4 Å². The summed E-state index contributed by atoms with van der Waals surface area (Å²) in [5, 5.41) is -0.363. The number of halogens is 5. The lowest BCUT2D eigenvalue weighted by molar-refractivity contribution is -0.144. The number of carbonyl (C=O) groups excluding carboxylic acids is 1. The van der Waals surface area contributed by atoms with Crippen LogP contribution < -0.4 is 16.0 Å². The fourth-order valence-electron chi connectivity index (χ4n) is 3.55. The SMILES string of the molecule is Cn1c(C(F)(F)F)cc(=O)n(-c2cc(OC(=O)OCC3CCCCC3)c(Cl)cc2F)c1=O. The summed E-state index contributed by atoms with van der Waals surface area (Å²) in [4.78, 5) is 36.7. The molecule has 1 fully saturated rings. The molecule has 1 aliphatic rings. The molecule has 1 aromatic heterocycles. The zero-order valence-electron chi connectivity index (χ0n) is 16.9. The Balaban J connectivity index is 1.90. The van der Waals surface area contributed by atoms with Crippen LogP contribution in [0.5, 0.6) is 5.75 Å². The van der Waals surface area contributed by atoms with Gasteiger partial charge in [-0.1, -0.05) is 30.9 Å². The maximum absolute atomic E-state index is 14.5. The highest BCUT2D eigenvalue weighted by Gasteiger charge is 2.35. The van der Waals surface area contributed by atoms with E-state index in [0.29, 0.717) is 6.07 Å². The highest BCUT2D eigenvalue weighted by atomic mass is 35.5. The molecule has 0 radical (unpaired) electrons. The molecule has 12 heteroatoms. The van der Waals surface area contributed by atoms with Crippen LogP contribution in [-0.2, 0) is 18.0 Å². The van der Waals surface area contributed by atoms with E-state index in [1.165, 1.54) is 0 Å². The molecule has 7 nitrogen and oxygen atoms in total. The molecule has 2 aromatic rings. The third-order valence-electron chi connectivity index (χ3n) is 5.21. The highest BCUT2D eigenvalue weighted by Crippen LogP contribution is 2.31. The lowest BCUT2D eigenvalue weighted by Gasteiger charge is -2.20. The van der Waals surface area contributed by atoms with Crippen molar-refractivity contribution in [3.8, 4) is 11.4 Å². The average Bonchev–Trinajstić information content (AvgIpc) is 2.72. The molecule has 0 atom stereocenters. The van der Waals surface area contributed by atoms with E-state index in [4.69, 9.17) is 21.1 Å². The van der Waals surface area contributed by atoms with E-state index in [1.807, 2.05) is 0 Å². The summed E-state index contributed by atoms with van der Waals surface area (Å²) < 4.78 is 63.9. The lowest BCUT2D eigenvalue weighted by atomic mass is 9.90. The van der Waals surface area contributed by atoms with Gasteiger partial charge in [-0.25, -0.2) is 18.5 Å². The van der Waals surface area contributed by atoms with E-state index >= 15 is 0 Å². The minimum atomic E-state index is -4.97. The topological polar surface area (TPSA) is 79.5 Å². The first-order valence-corrected chi connectivity index (χ1v) is 10.1. The zero-order chi connectivity index (χ0) is 23.6. The number of carbonyl (C=O) groups is 1. The molecule has 0 bridgehead atoms. The lowest BCUT2D eigenvalue weighted by Crippen LogP contribution is -2.41. The van der Waals surface area contributed by atoms with Gasteiger partial charge < -0.3 is 9.47 Å². The summed E-state index contributed by atoms with van der Waals surface area (Å²) in [6.07, 6.45) is -1.08. The number of alkyl halides is 3. The van der Waals surface area contributed by atoms with Crippen LogP contribution in [0.25, 0.3) is 5.69 Å². The van der Waals surface area contributed by atoms with Crippen LogP contribution >= 0.6 is 11.6 Å². The fraction of sp³-hybridized carbons (Fsp3) is 0.450. The Morgan fingerprint density at radius 2 is 1.81 bits per heavy atom. The summed E-state index contributed by atoms with van der Waals surface area (Å²) in [5.41, 5.74) is -5.10. The molecule has 0 N–H and O–H groups in total. The second-order valence-electron chi connectivity index (χ2n) is 7.44. The van der Waals surface area contributed by atoms with Crippen molar-refractivity contribution in [1.29, 1.82) is 0 Å². The van der Waals surface area contributed by atoms with Gasteiger partial charge >= 0.3 is 18.0 Å². The molecule has 1 aromatic carbocycles. The van der Waals surface area contributed by atoms with E-state index in [-0.39, 0.29) is 32.7 Å². The number of nitrogens with zero attached hydrogens (tertiary/aromatic N) is 2. The molecule has 3 rings (SSSR count). The summed E-state index contributed by atoms with van der Waals surface area (Å²) in [5.74, 6) is -1.41. The van der Waals surface area contributed by atoms with E-state index < -0.39 is 46.5 Å². The van der Waals surface area contributed by atoms with Crippen molar-refractivity contribution in [2.24, 2.45) is 13.0 Å². The molecule has 0 amide bonds. The summed E-state index contributed by atoms with van der Waals surface area (Å²) >= 11 is 5.89. The standard InChI is InChI=1S/C20H19ClF4N2O5/c1-26-16(20(23,24)25)9-17(28)27(18(26)29)14-8-15(12(21)7-13(14)22)32-19(30)31-10-11-5-3-2-4-6-11/h7-9,11H,2-6,10H2,1H3. The molecule has 174 valence electrons. The number of ether oxygens (including phenoxy) is 2. The third-order valence-corrected chi connectivity index (χ3v) is 5.50. The largest absolute Gasteiger partial charge is 0.513 e. The number of hydrogen-bond donors (Lipinski definition) is 0. The van der Waals surface area contributed by atoms with Gasteiger partial charge in [0, 0.05) is 19.2 Å². The molecule has 1 aliphatic carbocycles. The smallest absolute Gasteiger partial charge is 0.434 e. The van der Waals surface area contributed by atoms with Crippen molar-refractivity contribution in [1.82, 2.24) is 9.13 Å². The van der Waals surface area contributed by atoms with E-state index in [0.717, 1.165) is 45.2 Å². The van der Waals surface area contributed by atoms with Crippen molar-refractivity contribution < 1.29 is 31.8 Å². The van der Waals surface area contributed by atoms with Gasteiger partial charge in [-0.05, 0) is 24.8 Å². The first kappa shape index (κ1) is 23.8. The molecule has 0 spiro atoms. The van der Waals surface area contributed by atoms with Gasteiger partial charge in [0.1, 0.15) is 11.5 Å². The molecule has 1 saturated carbocycles. The maximum atomic E-state index is 14.5. The minimum Gasteiger partial charge on any atom is -0.434 e. The van der Waals surface area contributed by atoms with Gasteiger partial charge in [-0.15, -0.1) is 0 Å². The van der Waals surface area contributed by atoms with E-state index in [2.05, 4.69) is 0 Å². The van der Waals surface area contributed by atoms with Crippen molar-refractivity contribution in [3.63, 3.8) is 0 Å². The van der Waals surface area contributed by atoms with Crippen LogP contribution in [0, 0.1) is 11.7 Å². The van der Waals surface area contributed by atoms with Crippen LogP contribution in [0.3, 0.4) is 0 Å². The maximum Gasteiger partial charge on any atom is 0.513 e. The average molecular weight is 479 g/mol. The Bertz CT molecular complexity index is 1140. The summed E-state index contributed by atoms with van der Waals surface area (Å²) in [6, 6.07) is 1.61. The van der Waals surface area contributed by atoms with Crippen molar-refractivity contribution >= 4 is 17.8 Å². The first-order chi connectivity index (χ1) is 15.0. The van der Waals surface area contributed by atoms with Crippen molar-refractivity contribution in [3.05, 3.63) is 55.6 Å². The Morgan fingerprint density at radius 3 is 2.44 bits per heavy atom. The van der Waals surface area contributed by atoms with Crippen molar-refractivity contribution in [2.45, 2.75) is 38.3 Å². The second-order valence-corrected chi connectivity index (χ2v) is 7.85. The van der Waals surface area contributed by atoms with Gasteiger partial charge in [0.25, 0.3) is 5.56 Å². The van der Waals surface area contributed by atoms with Gasteiger partial charge in [0.2, 0.25) is 0 Å². The van der Waals surface area contributed by atoms with Gasteiger partial charge in [0.15, 0.2) is 5.75 Å². The van der Waals surface area contributed by atoms with Gasteiger partial charge in [0.05, 0.1) is 17.3 Å². The molecule has 1 heterocycles. The van der Waals surface area contributed by atoms with Crippen LogP contribution in [0.2, 0.25) is 5.02 Å². The van der Waals surface area contributed by atoms with E-state index in [9.17, 15) is 31.9 Å². The summed E-state index contributed by atoms with van der Waals surface area (Å²) in [7, 11) is 0.787. The Hall–Kier alpha value is -2.82. The molecule has 0 saturated heterocycles. The zero-order valence-corrected chi connectivity index (χ0v) is 17.6. The number of benzene rings is 1. The number of hydrogen-bond acceptors (Lipinski definition) is 5. The first-order valence-electron chi connectivity index (χ1n) is 9.73. The molecule has 32 heavy (non-hydrogen) atoms. The van der Waals surface area contributed by atoms with Crippen LogP contribution in [0.1, 0.15) is 37.8 Å². The third kappa shape index (κ3) is 5.14. The highest BCUT2D eigenvalue weighted by molar-refractivity contribution is 6.32. The summed E-state index contributed by atoms with van der Waals surface area (Å²) in [6.45, 7) is 0.128. The van der Waals surface area contributed by atoms with Crippen LogP contribution in [-0.4, -0.2) is 21.9 Å². The normalized spacial score (nSPS) is 14.9. The Kier molecular flexibility index (Phi) is 6.97. The Morgan fingerprint density at radius 1 is 1.16 bits per heavy atom. The minimum absolute atomic E-state index is 0.128. The number of aromatic nitrogens is 2. The van der Waals surface area contributed by atoms with Gasteiger partial charge in [-0.2, -0.15) is 13.2 Å². The predicted octanol–water partition coefficient (Wildman–Crippen LogP) is 4.44.